The van der Waals surface area contributed by atoms with Crippen LogP contribution in [0, 0.1) is 0 Å². The quantitative estimate of drug-likeness (QED) is 0.835. The third-order valence-electron chi connectivity index (χ3n) is 2.71. The standard InChI is InChI=1S/C12H20N6/c1-4-13-5-11-6-15-17(7-11)8-12-14-9-16-18(12)10(2)3/h6-7,9-10,13H,4-5,8H2,1-3H3. The van der Waals surface area contributed by atoms with Gasteiger partial charge < -0.3 is 5.32 Å². The maximum absolute atomic E-state index is 4.34. The van der Waals surface area contributed by atoms with Crippen molar-refractivity contribution in [3.8, 4) is 0 Å². The van der Waals surface area contributed by atoms with Crippen molar-refractivity contribution in [1.29, 1.82) is 0 Å². The van der Waals surface area contributed by atoms with Crippen molar-refractivity contribution < 1.29 is 0 Å². The fourth-order valence-corrected chi connectivity index (χ4v) is 1.82. The Balaban J connectivity index is 2.04. The number of hydrogen-bond donors (Lipinski definition) is 1. The Kier molecular flexibility index (Phi) is 4.09. The zero-order valence-corrected chi connectivity index (χ0v) is 11.2. The smallest absolute Gasteiger partial charge is 0.148 e. The van der Waals surface area contributed by atoms with Gasteiger partial charge in [0.05, 0.1) is 6.20 Å². The predicted octanol–water partition coefficient (Wildman–Crippen LogP) is 1.21. The average Bonchev–Trinajstić information content (AvgIpc) is 2.96. The van der Waals surface area contributed by atoms with Crippen LogP contribution in [0.1, 0.15) is 38.2 Å². The molecule has 18 heavy (non-hydrogen) atoms. The topological polar surface area (TPSA) is 60.6 Å². The molecule has 0 fully saturated rings. The molecule has 0 bridgehead atoms. The fourth-order valence-electron chi connectivity index (χ4n) is 1.82. The van der Waals surface area contributed by atoms with Crippen LogP contribution in [0.15, 0.2) is 18.7 Å². The maximum Gasteiger partial charge on any atom is 0.148 e. The molecule has 0 aliphatic heterocycles. The van der Waals surface area contributed by atoms with Crippen molar-refractivity contribution in [2.75, 3.05) is 6.54 Å². The van der Waals surface area contributed by atoms with Gasteiger partial charge in [-0.15, -0.1) is 0 Å². The van der Waals surface area contributed by atoms with E-state index in [1.807, 2.05) is 21.8 Å². The van der Waals surface area contributed by atoms with E-state index in [-0.39, 0.29) is 0 Å². The number of hydrogen-bond acceptors (Lipinski definition) is 4. The minimum atomic E-state index is 0.319. The Hall–Kier alpha value is -1.69. The maximum atomic E-state index is 4.34. The second kappa shape index (κ2) is 5.77. The molecule has 0 saturated heterocycles. The Bertz CT molecular complexity index is 484. The van der Waals surface area contributed by atoms with Crippen LogP contribution in [0.4, 0.5) is 0 Å². The Labute approximate surface area is 107 Å². The molecule has 0 saturated carbocycles. The third kappa shape index (κ3) is 2.95. The van der Waals surface area contributed by atoms with Crippen LogP contribution in [0.5, 0.6) is 0 Å². The highest BCUT2D eigenvalue weighted by Crippen LogP contribution is 2.07. The largest absolute Gasteiger partial charge is 0.313 e. The van der Waals surface area contributed by atoms with Crippen molar-refractivity contribution in [2.45, 2.75) is 39.9 Å². The summed E-state index contributed by atoms with van der Waals surface area (Å²) in [4.78, 5) is 4.28. The summed E-state index contributed by atoms with van der Waals surface area (Å²) in [7, 11) is 0. The van der Waals surface area contributed by atoms with E-state index < -0.39 is 0 Å². The summed E-state index contributed by atoms with van der Waals surface area (Å²) in [6, 6.07) is 0.319. The van der Waals surface area contributed by atoms with E-state index in [0.29, 0.717) is 12.6 Å². The molecule has 0 unspecified atom stereocenters. The highest BCUT2D eigenvalue weighted by Gasteiger charge is 2.08. The summed E-state index contributed by atoms with van der Waals surface area (Å²) in [6.45, 7) is 8.76. The molecule has 0 atom stereocenters. The summed E-state index contributed by atoms with van der Waals surface area (Å²) in [5.41, 5.74) is 1.19. The van der Waals surface area contributed by atoms with E-state index in [2.05, 4.69) is 41.3 Å². The molecule has 6 nitrogen and oxygen atoms in total. The lowest BCUT2D eigenvalue weighted by Gasteiger charge is -2.08. The normalized spacial score (nSPS) is 11.3. The molecule has 2 aromatic heterocycles. The lowest BCUT2D eigenvalue weighted by Crippen LogP contribution is -2.12. The third-order valence-corrected chi connectivity index (χ3v) is 2.71. The SMILES string of the molecule is CCNCc1cnn(Cc2ncnn2C(C)C)c1. The van der Waals surface area contributed by atoms with Crippen LogP contribution in [0.2, 0.25) is 0 Å². The summed E-state index contributed by atoms with van der Waals surface area (Å²) in [5.74, 6) is 0.933. The Morgan fingerprint density at radius 2 is 2.17 bits per heavy atom. The van der Waals surface area contributed by atoms with Gasteiger partial charge in [-0.3, -0.25) is 4.68 Å². The summed E-state index contributed by atoms with van der Waals surface area (Å²) in [5, 5.41) is 11.8. The molecule has 0 aliphatic carbocycles. The summed E-state index contributed by atoms with van der Waals surface area (Å²) >= 11 is 0. The molecule has 98 valence electrons. The van der Waals surface area contributed by atoms with E-state index in [9.17, 15) is 0 Å². The first-order valence-electron chi connectivity index (χ1n) is 6.31. The molecule has 0 amide bonds. The van der Waals surface area contributed by atoms with E-state index in [1.54, 1.807) is 6.33 Å². The number of nitrogens with zero attached hydrogens (tertiary/aromatic N) is 5. The van der Waals surface area contributed by atoms with Gasteiger partial charge >= 0.3 is 0 Å². The van der Waals surface area contributed by atoms with Gasteiger partial charge in [0.2, 0.25) is 0 Å². The first-order chi connectivity index (χ1) is 8.70. The molecule has 0 aromatic carbocycles. The lowest BCUT2D eigenvalue weighted by molar-refractivity contribution is 0.488. The molecule has 2 aromatic rings. The number of rotatable bonds is 6. The predicted molar refractivity (Wildman–Crippen MR) is 69.1 cm³/mol. The van der Waals surface area contributed by atoms with Crippen molar-refractivity contribution >= 4 is 0 Å². The van der Waals surface area contributed by atoms with Gasteiger partial charge in [0, 0.05) is 24.3 Å². The highest BCUT2D eigenvalue weighted by molar-refractivity contribution is 5.04. The molecule has 2 rings (SSSR count). The van der Waals surface area contributed by atoms with Gasteiger partial charge in [-0.25, -0.2) is 9.67 Å². The fraction of sp³-hybridized carbons (Fsp3) is 0.583. The van der Waals surface area contributed by atoms with Crippen molar-refractivity contribution in [1.82, 2.24) is 29.9 Å². The van der Waals surface area contributed by atoms with Crippen molar-refractivity contribution in [2.24, 2.45) is 0 Å². The van der Waals surface area contributed by atoms with Crippen molar-refractivity contribution in [3.05, 3.63) is 30.1 Å². The second-order valence-electron chi connectivity index (χ2n) is 4.54. The van der Waals surface area contributed by atoms with Gasteiger partial charge in [-0.05, 0) is 20.4 Å². The van der Waals surface area contributed by atoms with Gasteiger partial charge in [-0.1, -0.05) is 6.92 Å². The Morgan fingerprint density at radius 3 is 2.89 bits per heavy atom. The van der Waals surface area contributed by atoms with E-state index in [1.165, 1.54) is 5.56 Å². The van der Waals surface area contributed by atoms with Gasteiger partial charge in [0.25, 0.3) is 0 Å². The number of nitrogens with one attached hydrogen (secondary N) is 1. The minimum Gasteiger partial charge on any atom is -0.313 e. The first-order valence-corrected chi connectivity index (χ1v) is 6.31. The minimum absolute atomic E-state index is 0.319. The zero-order valence-electron chi connectivity index (χ0n) is 11.2. The molecular weight excluding hydrogens is 228 g/mol. The highest BCUT2D eigenvalue weighted by atomic mass is 15.4. The first kappa shape index (κ1) is 12.8. The van der Waals surface area contributed by atoms with Crippen LogP contribution in [0.25, 0.3) is 0 Å². The summed E-state index contributed by atoms with van der Waals surface area (Å²) in [6.07, 6.45) is 5.53. The number of aromatic nitrogens is 5. The van der Waals surface area contributed by atoms with Gasteiger partial charge in [-0.2, -0.15) is 10.2 Å². The zero-order chi connectivity index (χ0) is 13.0. The van der Waals surface area contributed by atoms with Crippen LogP contribution in [-0.2, 0) is 13.1 Å². The monoisotopic (exact) mass is 248 g/mol. The molecular formula is C12H20N6. The van der Waals surface area contributed by atoms with Gasteiger partial charge in [0.15, 0.2) is 0 Å². The lowest BCUT2D eigenvalue weighted by atomic mass is 10.3. The van der Waals surface area contributed by atoms with Gasteiger partial charge in [0.1, 0.15) is 18.7 Å². The van der Waals surface area contributed by atoms with Crippen LogP contribution in [0.3, 0.4) is 0 Å². The van der Waals surface area contributed by atoms with Crippen LogP contribution >= 0.6 is 0 Å². The molecule has 0 radical (unpaired) electrons. The molecule has 0 spiro atoms. The van der Waals surface area contributed by atoms with Crippen LogP contribution < -0.4 is 5.32 Å². The molecule has 2 heterocycles. The van der Waals surface area contributed by atoms with Crippen molar-refractivity contribution in [3.63, 3.8) is 0 Å². The second-order valence-corrected chi connectivity index (χ2v) is 4.54. The van der Waals surface area contributed by atoms with E-state index in [0.717, 1.165) is 18.9 Å². The van der Waals surface area contributed by atoms with Crippen LogP contribution in [-0.4, -0.2) is 31.1 Å². The van der Waals surface area contributed by atoms with E-state index >= 15 is 0 Å². The van der Waals surface area contributed by atoms with E-state index in [4.69, 9.17) is 0 Å². The summed E-state index contributed by atoms with van der Waals surface area (Å²) < 4.78 is 3.82. The Morgan fingerprint density at radius 1 is 1.33 bits per heavy atom. The molecule has 1 N–H and O–H groups in total. The molecule has 6 heteroatoms. The molecule has 0 aliphatic rings. The average molecular weight is 248 g/mol.